The van der Waals surface area contributed by atoms with E-state index in [0.29, 0.717) is 11.0 Å². The van der Waals surface area contributed by atoms with Crippen LogP contribution >= 0.6 is 34.4 Å². The summed E-state index contributed by atoms with van der Waals surface area (Å²) in [6, 6.07) is 10.1. The van der Waals surface area contributed by atoms with E-state index in [9.17, 15) is 4.79 Å². The van der Waals surface area contributed by atoms with Crippen LogP contribution in [-0.4, -0.2) is 31.4 Å². The molecular weight excluding hydrogens is 434 g/mol. The van der Waals surface area contributed by atoms with Crippen molar-refractivity contribution in [3.8, 4) is 11.4 Å². The molecule has 1 aromatic carbocycles. The fraction of sp³-hybridized carbons (Fsp3) is 0.333. The highest BCUT2D eigenvalue weighted by Crippen LogP contribution is 2.31. The van der Waals surface area contributed by atoms with Crippen LogP contribution in [0, 0.1) is 0 Å². The molecule has 1 N–H and O–H groups in total. The van der Waals surface area contributed by atoms with Crippen LogP contribution < -0.4 is 5.32 Å². The Bertz CT molecular complexity index is 1130. The van der Waals surface area contributed by atoms with Crippen molar-refractivity contribution in [1.29, 1.82) is 0 Å². The van der Waals surface area contributed by atoms with Gasteiger partial charge in [0.25, 0.3) is 0 Å². The van der Waals surface area contributed by atoms with E-state index in [4.69, 9.17) is 0 Å². The topological polar surface area (TPSA) is 72.7 Å². The van der Waals surface area contributed by atoms with Gasteiger partial charge in [-0.3, -0.25) is 4.79 Å². The van der Waals surface area contributed by atoms with Crippen molar-refractivity contribution >= 4 is 55.7 Å². The first-order valence-electron chi connectivity index (χ1n) is 9.85. The lowest BCUT2D eigenvalue weighted by Crippen LogP contribution is -2.14. The van der Waals surface area contributed by atoms with Gasteiger partial charge in [-0.05, 0) is 30.5 Å². The zero-order valence-electron chi connectivity index (χ0n) is 17.1. The monoisotopic (exact) mass is 457 g/mol. The number of amides is 1. The maximum absolute atomic E-state index is 12.5. The summed E-state index contributed by atoms with van der Waals surface area (Å²) in [7, 11) is 0. The molecule has 0 aliphatic rings. The first kappa shape index (κ1) is 21.0. The Morgan fingerprint density at radius 3 is 2.83 bits per heavy atom. The lowest BCUT2D eigenvalue weighted by Gasteiger charge is -2.08. The molecule has 0 spiro atoms. The summed E-state index contributed by atoms with van der Waals surface area (Å²) in [6.07, 6.45) is 0.970. The smallest absolute Gasteiger partial charge is 0.236 e. The zero-order valence-corrected chi connectivity index (χ0v) is 19.5. The summed E-state index contributed by atoms with van der Waals surface area (Å²) >= 11 is 4.64. The largest absolute Gasteiger partial charge is 0.302 e. The van der Waals surface area contributed by atoms with E-state index < -0.39 is 0 Å². The van der Waals surface area contributed by atoms with Gasteiger partial charge in [0.15, 0.2) is 16.1 Å². The molecule has 156 valence electrons. The van der Waals surface area contributed by atoms with Gasteiger partial charge in [-0.1, -0.05) is 56.0 Å². The van der Waals surface area contributed by atoms with Crippen LogP contribution in [-0.2, 0) is 11.3 Å². The number of hydrogen-bond donors (Lipinski definition) is 1. The lowest BCUT2D eigenvalue weighted by atomic mass is 10.1. The third-order valence-corrected chi connectivity index (χ3v) is 7.64. The summed E-state index contributed by atoms with van der Waals surface area (Å²) < 4.78 is 3.17. The molecule has 0 fully saturated rings. The van der Waals surface area contributed by atoms with E-state index in [2.05, 4.69) is 57.3 Å². The number of fused-ring (bicyclic) bond motifs is 1. The van der Waals surface area contributed by atoms with Gasteiger partial charge in [-0.2, -0.15) is 0 Å². The van der Waals surface area contributed by atoms with Gasteiger partial charge >= 0.3 is 0 Å². The van der Waals surface area contributed by atoms with Crippen molar-refractivity contribution in [3.63, 3.8) is 0 Å². The second-order valence-electron chi connectivity index (χ2n) is 7.17. The van der Waals surface area contributed by atoms with Gasteiger partial charge < -0.3 is 9.88 Å². The van der Waals surface area contributed by atoms with Gasteiger partial charge in [-0.15, -0.1) is 21.5 Å². The number of anilines is 1. The normalized spacial score (nSPS) is 11.5. The minimum Gasteiger partial charge on any atom is -0.302 e. The molecule has 0 atom stereocenters. The minimum absolute atomic E-state index is 0.0933. The Morgan fingerprint density at radius 2 is 2.10 bits per heavy atom. The van der Waals surface area contributed by atoms with Crippen LogP contribution in [0.4, 0.5) is 5.13 Å². The van der Waals surface area contributed by atoms with Crippen LogP contribution in [0.3, 0.4) is 0 Å². The number of aromatic nitrogens is 4. The third-order valence-electron chi connectivity index (χ3n) is 4.48. The number of carbonyl (C=O) groups is 1. The highest BCUT2D eigenvalue weighted by atomic mass is 32.2. The molecule has 4 aromatic rings. The molecule has 0 radical (unpaired) electrons. The van der Waals surface area contributed by atoms with E-state index in [-0.39, 0.29) is 11.7 Å². The predicted molar refractivity (Wildman–Crippen MR) is 127 cm³/mol. The average Bonchev–Trinajstić information content (AvgIpc) is 3.44. The SMILES string of the molecule is CCCn1c(SCC(=O)Nc2nc3ccccc3s2)nnc1-c1csc(C(C)C)c1. The van der Waals surface area contributed by atoms with Crippen molar-refractivity contribution < 1.29 is 4.79 Å². The Hall–Kier alpha value is -2.23. The van der Waals surface area contributed by atoms with E-state index in [1.165, 1.54) is 28.0 Å². The maximum atomic E-state index is 12.5. The number of thiazole rings is 1. The highest BCUT2D eigenvalue weighted by Gasteiger charge is 2.17. The Balaban J connectivity index is 1.45. The molecular formula is C21H23N5OS3. The van der Waals surface area contributed by atoms with Gasteiger partial charge in [0.2, 0.25) is 5.91 Å². The molecule has 0 bridgehead atoms. The van der Waals surface area contributed by atoms with E-state index >= 15 is 0 Å². The molecule has 0 unspecified atom stereocenters. The minimum atomic E-state index is -0.0933. The number of hydrogen-bond acceptors (Lipinski definition) is 7. The molecule has 4 rings (SSSR count). The van der Waals surface area contributed by atoms with Crippen molar-refractivity contribution in [2.75, 3.05) is 11.1 Å². The Kier molecular flexibility index (Phi) is 6.50. The molecule has 0 saturated carbocycles. The molecule has 3 aromatic heterocycles. The summed E-state index contributed by atoms with van der Waals surface area (Å²) in [5, 5.41) is 15.2. The predicted octanol–water partition coefficient (Wildman–Crippen LogP) is 5.88. The number of nitrogens with one attached hydrogen (secondary N) is 1. The standard InChI is InChI=1S/C21H23N5OS3/c1-4-9-26-19(14-10-17(13(2)3)28-11-14)24-25-21(26)29-12-18(27)23-20-22-15-7-5-6-8-16(15)30-20/h5-8,10-11,13H,4,9,12H2,1-3H3,(H,22,23,27). The van der Waals surface area contributed by atoms with Crippen LogP contribution in [0.5, 0.6) is 0 Å². The van der Waals surface area contributed by atoms with Gasteiger partial charge in [0.05, 0.1) is 16.0 Å². The second-order valence-corrected chi connectivity index (χ2v) is 10.1. The van der Waals surface area contributed by atoms with Crippen molar-refractivity contribution in [3.05, 3.63) is 40.6 Å². The Labute approximate surface area is 187 Å². The summed E-state index contributed by atoms with van der Waals surface area (Å²) in [5.41, 5.74) is 1.99. The number of carbonyl (C=O) groups excluding carboxylic acids is 1. The van der Waals surface area contributed by atoms with Gasteiger partial charge in [0, 0.05) is 22.4 Å². The number of rotatable bonds is 8. The number of nitrogens with zero attached hydrogens (tertiary/aromatic N) is 4. The number of thiophene rings is 1. The molecule has 0 aliphatic carbocycles. The highest BCUT2D eigenvalue weighted by molar-refractivity contribution is 7.99. The fourth-order valence-corrected chi connectivity index (χ4v) is 5.57. The summed E-state index contributed by atoms with van der Waals surface area (Å²) in [5.74, 6) is 1.53. The van der Waals surface area contributed by atoms with Gasteiger partial charge in [-0.25, -0.2) is 4.98 Å². The second kappa shape index (κ2) is 9.28. The average molecular weight is 458 g/mol. The van der Waals surface area contributed by atoms with Crippen LogP contribution in [0.25, 0.3) is 21.6 Å². The lowest BCUT2D eigenvalue weighted by molar-refractivity contribution is -0.113. The number of para-hydroxylation sites is 1. The van der Waals surface area contributed by atoms with E-state index in [1.54, 1.807) is 11.3 Å². The van der Waals surface area contributed by atoms with Gasteiger partial charge in [0.1, 0.15) is 0 Å². The molecule has 30 heavy (non-hydrogen) atoms. The van der Waals surface area contributed by atoms with Crippen molar-refractivity contribution in [2.45, 2.75) is 44.8 Å². The van der Waals surface area contributed by atoms with E-state index in [1.807, 2.05) is 24.3 Å². The first-order valence-corrected chi connectivity index (χ1v) is 12.5. The quantitative estimate of drug-likeness (QED) is 0.335. The van der Waals surface area contributed by atoms with Crippen molar-refractivity contribution in [1.82, 2.24) is 19.7 Å². The molecule has 9 heteroatoms. The molecule has 0 saturated heterocycles. The molecule has 6 nitrogen and oxygen atoms in total. The molecule has 3 heterocycles. The summed E-state index contributed by atoms with van der Waals surface area (Å²) in [4.78, 5) is 18.3. The van der Waals surface area contributed by atoms with Crippen LogP contribution in [0.1, 0.15) is 38.0 Å². The third kappa shape index (κ3) is 4.58. The molecule has 0 aliphatic heterocycles. The summed E-state index contributed by atoms with van der Waals surface area (Å²) in [6.45, 7) is 7.33. The Morgan fingerprint density at radius 1 is 1.27 bits per heavy atom. The van der Waals surface area contributed by atoms with Crippen LogP contribution in [0.15, 0.2) is 40.9 Å². The van der Waals surface area contributed by atoms with E-state index in [0.717, 1.165) is 39.7 Å². The number of thioether (sulfide) groups is 1. The first-order chi connectivity index (χ1) is 14.5. The molecule has 1 amide bonds. The number of benzene rings is 1. The van der Waals surface area contributed by atoms with Crippen LogP contribution in [0.2, 0.25) is 0 Å². The zero-order chi connectivity index (χ0) is 21.1. The maximum Gasteiger partial charge on any atom is 0.236 e. The van der Waals surface area contributed by atoms with Crippen molar-refractivity contribution in [2.24, 2.45) is 0 Å². The fourth-order valence-electron chi connectivity index (χ4n) is 3.02.